The van der Waals surface area contributed by atoms with Gasteiger partial charge in [-0.2, -0.15) is 4.31 Å². The van der Waals surface area contributed by atoms with E-state index in [0.717, 1.165) is 16.1 Å². The maximum absolute atomic E-state index is 12.2. The maximum Gasteiger partial charge on any atom is 0.235 e. The Bertz CT molecular complexity index is 887. The van der Waals surface area contributed by atoms with Crippen LogP contribution in [0.4, 0.5) is 0 Å². The van der Waals surface area contributed by atoms with Crippen LogP contribution in [0.15, 0.2) is 42.5 Å². The van der Waals surface area contributed by atoms with E-state index < -0.39 is 15.9 Å². The summed E-state index contributed by atoms with van der Waals surface area (Å²) in [7, 11) is -3.57. The quantitative estimate of drug-likeness (QED) is 0.721. The molecule has 1 N–H and O–H groups in total. The van der Waals surface area contributed by atoms with E-state index in [-0.39, 0.29) is 19.6 Å². The zero-order valence-corrected chi connectivity index (χ0v) is 17.0. The molecular weight excluding hydrogens is 419 g/mol. The van der Waals surface area contributed by atoms with Crippen molar-refractivity contribution in [3.63, 3.8) is 0 Å². The lowest BCUT2D eigenvalue weighted by atomic mass is 10.2. The normalized spacial score (nSPS) is 11.6. The van der Waals surface area contributed by atoms with E-state index in [9.17, 15) is 13.2 Å². The van der Waals surface area contributed by atoms with Crippen LogP contribution in [0.25, 0.3) is 0 Å². The Labute approximate surface area is 167 Å². The maximum atomic E-state index is 12.2. The molecular formula is C17H17Cl3N2O3S. The SMILES string of the molecule is CS(=O)(=O)N(CC(=O)NCc1ccc(Cl)cc1Cl)Cc1ccc(Cl)cc1. The summed E-state index contributed by atoms with van der Waals surface area (Å²) in [6.07, 6.45) is 1.06. The van der Waals surface area contributed by atoms with Gasteiger partial charge in [-0.05, 0) is 35.4 Å². The molecule has 0 aliphatic carbocycles. The molecule has 0 unspecified atom stereocenters. The number of amides is 1. The van der Waals surface area contributed by atoms with Gasteiger partial charge in [0, 0.05) is 28.2 Å². The molecule has 140 valence electrons. The van der Waals surface area contributed by atoms with Gasteiger partial charge in [-0.3, -0.25) is 4.79 Å². The van der Waals surface area contributed by atoms with Crippen LogP contribution in [-0.4, -0.2) is 31.4 Å². The lowest BCUT2D eigenvalue weighted by molar-refractivity contribution is -0.121. The molecule has 9 heteroatoms. The Kier molecular flexibility index (Phi) is 7.32. The van der Waals surface area contributed by atoms with E-state index in [1.54, 1.807) is 42.5 Å². The molecule has 0 saturated heterocycles. The van der Waals surface area contributed by atoms with Gasteiger partial charge in [0.15, 0.2) is 0 Å². The average Bonchev–Trinajstić information content (AvgIpc) is 2.54. The van der Waals surface area contributed by atoms with E-state index in [1.165, 1.54) is 0 Å². The standard InChI is InChI=1S/C17H17Cl3N2O3S/c1-26(24,25)22(10-12-2-5-14(18)6-3-12)11-17(23)21-9-13-4-7-15(19)8-16(13)20/h2-8H,9-11H2,1H3,(H,21,23). The van der Waals surface area contributed by atoms with Crippen molar-refractivity contribution in [2.45, 2.75) is 13.1 Å². The Morgan fingerprint density at radius 3 is 2.23 bits per heavy atom. The number of nitrogens with zero attached hydrogens (tertiary/aromatic N) is 1. The van der Waals surface area contributed by atoms with Crippen LogP contribution < -0.4 is 5.32 Å². The summed E-state index contributed by atoms with van der Waals surface area (Å²) in [5, 5.41) is 4.14. The van der Waals surface area contributed by atoms with Crippen molar-refractivity contribution in [3.8, 4) is 0 Å². The van der Waals surface area contributed by atoms with Crippen molar-refractivity contribution in [1.29, 1.82) is 0 Å². The van der Waals surface area contributed by atoms with E-state index in [0.29, 0.717) is 20.6 Å². The third-order valence-electron chi connectivity index (χ3n) is 3.55. The first-order valence-electron chi connectivity index (χ1n) is 7.55. The minimum absolute atomic E-state index is 0.0745. The minimum atomic E-state index is -3.57. The van der Waals surface area contributed by atoms with Gasteiger partial charge in [-0.1, -0.05) is 53.0 Å². The lowest BCUT2D eigenvalue weighted by Gasteiger charge is -2.19. The smallest absolute Gasteiger partial charge is 0.235 e. The Morgan fingerprint density at radius 2 is 1.65 bits per heavy atom. The molecule has 26 heavy (non-hydrogen) atoms. The van der Waals surface area contributed by atoms with Gasteiger partial charge in [0.25, 0.3) is 0 Å². The van der Waals surface area contributed by atoms with Gasteiger partial charge in [0.05, 0.1) is 12.8 Å². The molecule has 0 heterocycles. The van der Waals surface area contributed by atoms with Crippen molar-refractivity contribution in [2.24, 2.45) is 0 Å². The molecule has 0 aliphatic rings. The fourth-order valence-electron chi connectivity index (χ4n) is 2.16. The van der Waals surface area contributed by atoms with Gasteiger partial charge >= 0.3 is 0 Å². The zero-order valence-electron chi connectivity index (χ0n) is 13.9. The molecule has 0 radical (unpaired) electrons. The van der Waals surface area contributed by atoms with Gasteiger partial charge in [-0.15, -0.1) is 0 Å². The molecule has 0 aliphatic heterocycles. The van der Waals surface area contributed by atoms with Crippen molar-refractivity contribution in [2.75, 3.05) is 12.8 Å². The van der Waals surface area contributed by atoms with Gasteiger partial charge < -0.3 is 5.32 Å². The third-order valence-corrected chi connectivity index (χ3v) is 5.59. The summed E-state index contributed by atoms with van der Waals surface area (Å²) < 4.78 is 25.1. The highest BCUT2D eigenvalue weighted by Gasteiger charge is 2.20. The van der Waals surface area contributed by atoms with Gasteiger partial charge in [-0.25, -0.2) is 8.42 Å². The summed E-state index contributed by atoms with van der Waals surface area (Å²) in [5.74, 6) is -0.435. The molecule has 1 amide bonds. The highest BCUT2D eigenvalue weighted by Crippen LogP contribution is 2.20. The van der Waals surface area contributed by atoms with E-state index >= 15 is 0 Å². The number of hydrogen-bond donors (Lipinski definition) is 1. The molecule has 0 aromatic heterocycles. The second-order valence-corrected chi connectivity index (χ2v) is 8.93. The van der Waals surface area contributed by atoms with Crippen LogP contribution in [0.2, 0.25) is 15.1 Å². The van der Waals surface area contributed by atoms with Gasteiger partial charge in [0.2, 0.25) is 15.9 Å². The van der Waals surface area contributed by atoms with Gasteiger partial charge in [0.1, 0.15) is 0 Å². The van der Waals surface area contributed by atoms with Crippen LogP contribution in [-0.2, 0) is 27.9 Å². The number of carbonyl (C=O) groups excluding carboxylic acids is 1. The van der Waals surface area contributed by atoms with E-state index in [2.05, 4.69) is 5.32 Å². The predicted molar refractivity (Wildman–Crippen MR) is 105 cm³/mol. The summed E-state index contributed by atoms with van der Waals surface area (Å²) in [6.45, 7) is -0.0504. The number of carbonyl (C=O) groups is 1. The highest BCUT2D eigenvalue weighted by atomic mass is 35.5. The van der Waals surface area contributed by atoms with Crippen LogP contribution in [0.1, 0.15) is 11.1 Å². The molecule has 0 fully saturated rings. The first-order chi connectivity index (χ1) is 12.1. The third kappa shape index (κ3) is 6.45. The summed E-state index contributed by atoms with van der Waals surface area (Å²) in [6, 6.07) is 11.7. The van der Waals surface area contributed by atoms with Crippen molar-refractivity contribution < 1.29 is 13.2 Å². The van der Waals surface area contributed by atoms with Crippen molar-refractivity contribution in [1.82, 2.24) is 9.62 Å². The first-order valence-corrected chi connectivity index (χ1v) is 10.5. The minimum Gasteiger partial charge on any atom is -0.351 e. The predicted octanol–water partition coefficient (Wildman–Crippen LogP) is 3.72. The monoisotopic (exact) mass is 434 g/mol. The number of hydrogen-bond acceptors (Lipinski definition) is 3. The Morgan fingerprint density at radius 1 is 1.04 bits per heavy atom. The van der Waals surface area contributed by atoms with Crippen LogP contribution in [0.3, 0.4) is 0 Å². The Hall–Kier alpha value is -1.31. The van der Waals surface area contributed by atoms with Crippen LogP contribution >= 0.6 is 34.8 Å². The van der Waals surface area contributed by atoms with Crippen LogP contribution in [0.5, 0.6) is 0 Å². The number of benzene rings is 2. The second-order valence-electron chi connectivity index (χ2n) is 5.67. The fraction of sp³-hybridized carbons (Fsp3) is 0.235. The Balaban J connectivity index is 2.01. The molecule has 0 spiro atoms. The largest absolute Gasteiger partial charge is 0.351 e. The number of rotatable bonds is 7. The fourth-order valence-corrected chi connectivity index (χ4v) is 3.50. The molecule has 2 rings (SSSR count). The molecule has 0 bridgehead atoms. The number of nitrogens with one attached hydrogen (secondary N) is 1. The lowest BCUT2D eigenvalue weighted by Crippen LogP contribution is -2.39. The summed E-state index contributed by atoms with van der Waals surface area (Å²) >= 11 is 17.7. The van der Waals surface area contributed by atoms with Crippen molar-refractivity contribution in [3.05, 3.63) is 68.7 Å². The molecule has 2 aromatic rings. The average molecular weight is 436 g/mol. The molecule has 5 nitrogen and oxygen atoms in total. The zero-order chi connectivity index (χ0) is 19.3. The topological polar surface area (TPSA) is 66.5 Å². The number of sulfonamides is 1. The summed E-state index contributed by atoms with van der Waals surface area (Å²) in [5.41, 5.74) is 1.42. The number of halogens is 3. The molecule has 0 saturated carbocycles. The molecule has 2 aromatic carbocycles. The highest BCUT2D eigenvalue weighted by molar-refractivity contribution is 7.88. The van der Waals surface area contributed by atoms with Crippen LogP contribution in [0, 0.1) is 0 Å². The van der Waals surface area contributed by atoms with Crippen molar-refractivity contribution >= 4 is 50.7 Å². The summed E-state index contributed by atoms with van der Waals surface area (Å²) in [4.78, 5) is 12.2. The van der Waals surface area contributed by atoms with E-state index in [4.69, 9.17) is 34.8 Å². The molecule has 0 atom stereocenters. The van der Waals surface area contributed by atoms with E-state index in [1.807, 2.05) is 0 Å². The second kappa shape index (κ2) is 9.06. The first kappa shape index (κ1) is 21.0.